The summed E-state index contributed by atoms with van der Waals surface area (Å²) in [5.41, 5.74) is 11.1. The first-order chi connectivity index (χ1) is 26.1. The van der Waals surface area contributed by atoms with Crippen LogP contribution in [-0.4, -0.2) is 80.7 Å². The number of nitrogens with two attached hydrogens (primary N) is 1. The third kappa shape index (κ3) is 9.10. The molecule has 2 saturated heterocycles. The zero-order valence-corrected chi connectivity index (χ0v) is 32.5. The number of benzene rings is 2. The molecule has 0 radical (unpaired) electrons. The Kier molecular flexibility index (Phi) is 11.8. The average Bonchev–Trinajstić information content (AvgIpc) is 3.76. The number of carbonyl (C=O) groups is 3. The summed E-state index contributed by atoms with van der Waals surface area (Å²) in [6.07, 6.45) is 0.699. The van der Waals surface area contributed by atoms with E-state index < -0.39 is 41.1 Å². The fourth-order valence-corrected chi connectivity index (χ4v) is 8.16. The molecule has 55 heavy (non-hydrogen) atoms. The Hall–Kier alpha value is -5.02. The molecular weight excluding hydrogens is 727 g/mol. The quantitative estimate of drug-likeness (QED) is 0.165. The molecule has 2 aromatic heterocycles. The second-order valence-corrected chi connectivity index (χ2v) is 16.5. The predicted molar refractivity (Wildman–Crippen MR) is 208 cm³/mol. The maximum atomic E-state index is 14.5. The van der Waals surface area contributed by atoms with Gasteiger partial charge < -0.3 is 31.3 Å². The lowest BCUT2D eigenvalue weighted by Gasteiger charge is -2.36. The molecule has 3 amide bonds. The van der Waals surface area contributed by atoms with E-state index in [-0.39, 0.29) is 60.2 Å². The highest BCUT2D eigenvalue weighted by molar-refractivity contribution is 7.13. The van der Waals surface area contributed by atoms with Gasteiger partial charge >= 0.3 is 0 Å². The summed E-state index contributed by atoms with van der Waals surface area (Å²) in [5, 5.41) is 24.7. The molecule has 2 aromatic carbocycles. The molecule has 4 atom stereocenters. The van der Waals surface area contributed by atoms with Crippen LogP contribution in [0.15, 0.2) is 54.0 Å². The molecule has 15 heteroatoms. The van der Waals surface area contributed by atoms with E-state index in [1.165, 1.54) is 11.0 Å². The first kappa shape index (κ1) is 39.7. The summed E-state index contributed by atoms with van der Waals surface area (Å²) in [5.74, 6) is -2.32. The number of hydrogen-bond acceptors (Lipinski definition) is 10. The number of piperidine rings is 1. The fourth-order valence-electron chi connectivity index (χ4n) is 7.35. The molecule has 0 bridgehead atoms. The lowest BCUT2D eigenvalue weighted by Crippen LogP contribution is -2.58. The Balaban J connectivity index is 1.06. The summed E-state index contributed by atoms with van der Waals surface area (Å²) < 4.78 is 27.9. The molecule has 2 aliphatic heterocycles. The van der Waals surface area contributed by atoms with Gasteiger partial charge in [0.25, 0.3) is 0 Å². The van der Waals surface area contributed by atoms with Crippen LogP contribution >= 0.6 is 11.3 Å². The number of amides is 3. The maximum absolute atomic E-state index is 14.5. The molecule has 4 aromatic rings. The summed E-state index contributed by atoms with van der Waals surface area (Å²) in [6.45, 7) is 10.5. The maximum Gasteiger partial charge on any atom is 0.246 e. The van der Waals surface area contributed by atoms with Crippen LogP contribution < -0.4 is 21.3 Å². The largest absolute Gasteiger partial charge is 0.391 e. The van der Waals surface area contributed by atoms with Crippen LogP contribution in [-0.2, 0) is 14.4 Å². The van der Waals surface area contributed by atoms with Crippen LogP contribution in [0.4, 0.5) is 20.3 Å². The topological polar surface area (TPSA) is 167 Å². The number of hydrogen-bond donors (Lipinski definition) is 4. The number of aryl methyl sites for hydroxylation is 1. The van der Waals surface area contributed by atoms with Crippen LogP contribution in [0.25, 0.3) is 21.7 Å². The molecule has 12 nitrogen and oxygen atoms in total. The molecule has 5 N–H and O–H groups in total. The second kappa shape index (κ2) is 16.4. The minimum absolute atomic E-state index is 0.0163. The number of aliphatic hydroxyl groups excluding tert-OH is 1. The third-order valence-electron chi connectivity index (χ3n) is 10.5. The van der Waals surface area contributed by atoms with Crippen LogP contribution in [0.5, 0.6) is 0 Å². The van der Waals surface area contributed by atoms with Crippen LogP contribution in [0.2, 0.25) is 0 Å². The van der Waals surface area contributed by atoms with E-state index in [1.54, 1.807) is 17.4 Å². The van der Waals surface area contributed by atoms with Crippen molar-refractivity contribution in [2.45, 2.75) is 84.5 Å². The molecule has 4 heterocycles. The Labute approximate surface area is 323 Å². The number of nitrogen functional groups attached to an aromatic ring is 1. The number of thiazole rings is 1. The van der Waals surface area contributed by atoms with E-state index in [1.807, 2.05) is 69.3 Å². The van der Waals surface area contributed by atoms with Crippen molar-refractivity contribution in [1.82, 2.24) is 30.7 Å². The lowest BCUT2D eigenvalue weighted by molar-refractivity contribution is -0.144. The predicted octanol–water partition coefficient (Wildman–Crippen LogP) is 5.41. The number of likely N-dealkylation sites (tertiary alicyclic amines) is 1. The van der Waals surface area contributed by atoms with Crippen molar-refractivity contribution in [3.05, 3.63) is 76.9 Å². The monoisotopic (exact) mass is 774 g/mol. The summed E-state index contributed by atoms with van der Waals surface area (Å²) >= 11 is 1.57. The van der Waals surface area contributed by atoms with Gasteiger partial charge in [-0.1, -0.05) is 45.0 Å². The minimum Gasteiger partial charge on any atom is -0.391 e. The zero-order valence-electron chi connectivity index (χ0n) is 31.7. The van der Waals surface area contributed by atoms with E-state index in [9.17, 15) is 28.3 Å². The van der Waals surface area contributed by atoms with E-state index in [2.05, 4.69) is 25.8 Å². The number of carbonyl (C=O) groups excluding carboxylic acids is 3. The smallest absolute Gasteiger partial charge is 0.246 e. The fraction of sp³-hybridized carbons (Fsp3) is 0.450. The Morgan fingerprint density at radius 3 is 2.38 bits per heavy atom. The molecule has 2 fully saturated rings. The summed E-state index contributed by atoms with van der Waals surface area (Å²) in [6, 6.07) is 10.6. The van der Waals surface area contributed by atoms with Crippen LogP contribution in [0.3, 0.4) is 0 Å². The minimum atomic E-state index is -0.936. The van der Waals surface area contributed by atoms with Gasteiger partial charge in [-0.2, -0.15) is 0 Å². The molecule has 0 saturated carbocycles. The summed E-state index contributed by atoms with van der Waals surface area (Å²) in [7, 11) is 0. The number of halogens is 2. The average molecular weight is 775 g/mol. The highest BCUT2D eigenvalue weighted by Gasteiger charge is 2.45. The highest BCUT2D eigenvalue weighted by Crippen LogP contribution is 2.33. The van der Waals surface area contributed by atoms with Gasteiger partial charge in [0.05, 0.1) is 39.6 Å². The number of nitrogens with zero attached hydrogens (tertiary/aromatic N) is 5. The highest BCUT2D eigenvalue weighted by atomic mass is 32.1. The van der Waals surface area contributed by atoms with Gasteiger partial charge in [-0.3, -0.25) is 14.4 Å². The van der Waals surface area contributed by atoms with Crippen molar-refractivity contribution < 1.29 is 28.3 Å². The summed E-state index contributed by atoms with van der Waals surface area (Å²) in [4.78, 5) is 50.2. The number of nitrogens with one attached hydrogen (secondary N) is 2. The first-order valence-electron chi connectivity index (χ1n) is 18.5. The number of aromatic nitrogens is 3. The van der Waals surface area contributed by atoms with Gasteiger partial charge in [-0.05, 0) is 67.3 Å². The lowest BCUT2D eigenvalue weighted by atomic mass is 9.85. The molecule has 0 unspecified atom stereocenters. The molecular formula is C40H48F2N8O4S. The number of rotatable bonds is 10. The normalized spacial score (nSPS) is 18.9. The van der Waals surface area contributed by atoms with Gasteiger partial charge in [0.2, 0.25) is 17.7 Å². The van der Waals surface area contributed by atoms with Crippen molar-refractivity contribution >= 4 is 40.6 Å². The Bertz CT molecular complexity index is 2030. The van der Waals surface area contributed by atoms with Crippen molar-refractivity contribution in [3.63, 3.8) is 0 Å². The SMILES string of the molecule is Cc1ncsc1-c1ccc([C@H](C)NC(=O)[C@@H]2C[C@@H](O)CN2C(=O)[C@@H](NC(=O)CC2CCN(c3cc(-c4ccc(F)cc4F)nnc3N)CC2)C(C)(C)C)cc1. The molecule has 2 aliphatic rings. The second-order valence-electron chi connectivity index (χ2n) is 15.6. The van der Waals surface area contributed by atoms with Crippen molar-refractivity contribution in [2.75, 3.05) is 30.3 Å². The molecule has 292 valence electrons. The number of β-amino-alcohol motifs (C(OH)–C–C–N with tert-alkyl or cyclic N) is 1. The van der Waals surface area contributed by atoms with Crippen molar-refractivity contribution in [1.29, 1.82) is 0 Å². The third-order valence-corrected chi connectivity index (χ3v) is 11.5. The molecule has 6 rings (SSSR count). The van der Waals surface area contributed by atoms with E-state index >= 15 is 0 Å². The number of aliphatic hydroxyl groups is 1. The van der Waals surface area contributed by atoms with Gasteiger partial charge in [0.1, 0.15) is 23.7 Å². The first-order valence-corrected chi connectivity index (χ1v) is 19.4. The van der Waals surface area contributed by atoms with E-state index in [0.29, 0.717) is 31.6 Å². The standard InChI is InChI=1S/C40H48F2N8O4S/c1-22(25-6-8-26(9-7-25)35-23(2)44-21-55-35)45-38(53)33-18-28(51)20-50(33)39(54)36(40(3,4)5)46-34(52)16-24-12-14-49(15-13-24)32-19-31(47-48-37(32)43)29-11-10-27(41)17-30(29)42/h6-11,17,19,21-22,24,28,33,36,51H,12-16,18,20H2,1-5H3,(H2,43,48)(H,45,53)(H,46,52)/t22-,28+,33-,36+/m0/s1. The molecule has 0 aliphatic carbocycles. The van der Waals surface area contributed by atoms with Crippen LogP contribution in [0, 0.1) is 29.9 Å². The van der Waals surface area contributed by atoms with Gasteiger partial charge in [0, 0.05) is 44.1 Å². The van der Waals surface area contributed by atoms with Gasteiger partial charge in [-0.15, -0.1) is 21.5 Å². The van der Waals surface area contributed by atoms with E-state index in [4.69, 9.17) is 5.73 Å². The van der Waals surface area contributed by atoms with Gasteiger partial charge in [0.15, 0.2) is 5.82 Å². The molecule has 0 spiro atoms. The zero-order chi connectivity index (χ0) is 39.6. The van der Waals surface area contributed by atoms with Crippen molar-refractivity contribution in [2.24, 2.45) is 11.3 Å². The van der Waals surface area contributed by atoms with E-state index in [0.717, 1.165) is 33.8 Å². The van der Waals surface area contributed by atoms with Crippen LogP contribution in [0.1, 0.15) is 70.7 Å². The Morgan fingerprint density at radius 1 is 1.04 bits per heavy atom. The number of anilines is 2. The Morgan fingerprint density at radius 2 is 1.75 bits per heavy atom. The van der Waals surface area contributed by atoms with Crippen molar-refractivity contribution in [3.8, 4) is 21.7 Å². The van der Waals surface area contributed by atoms with Gasteiger partial charge in [-0.25, -0.2) is 13.8 Å².